The van der Waals surface area contributed by atoms with Crippen molar-refractivity contribution in [3.05, 3.63) is 35.7 Å². The standard InChI is InChI=1S/C18H25N5O2/c1-13-5-7-15(8-6-13)19-17-21-20-16(22(17)3)11-18(25)9-4-10-23(12-18)14(2)24/h5-8,25H,4,9-12H2,1-3H3,(H,19,21). The number of hydrogen-bond acceptors (Lipinski definition) is 5. The second kappa shape index (κ2) is 6.84. The van der Waals surface area contributed by atoms with Crippen molar-refractivity contribution >= 4 is 17.5 Å². The fourth-order valence-electron chi connectivity index (χ4n) is 3.21. The van der Waals surface area contributed by atoms with Crippen molar-refractivity contribution in [2.24, 2.45) is 7.05 Å². The van der Waals surface area contributed by atoms with Crippen LogP contribution in [0.3, 0.4) is 0 Å². The second-order valence-corrected chi connectivity index (χ2v) is 6.94. The molecule has 0 saturated carbocycles. The highest BCUT2D eigenvalue weighted by atomic mass is 16.3. The zero-order valence-corrected chi connectivity index (χ0v) is 15.0. The van der Waals surface area contributed by atoms with E-state index in [0.717, 1.165) is 12.1 Å². The summed E-state index contributed by atoms with van der Waals surface area (Å²) in [5, 5.41) is 22.6. The van der Waals surface area contributed by atoms with Gasteiger partial charge in [-0.1, -0.05) is 17.7 Å². The molecule has 3 rings (SSSR count). The predicted molar refractivity (Wildman–Crippen MR) is 95.6 cm³/mol. The molecule has 1 fully saturated rings. The topological polar surface area (TPSA) is 83.3 Å². The third kappa shape index (κ3) is 3.99. The maximum absolute atomic E-state index is 11.6. The molecule has 7 heteroatoms. The number of nitrogens with zero attached hydrogens (tertiary/aromatic N) is 4. The first-order chi connectivity index (χ1) is 11.9. The number of benzene rings is 1. The lowest BCUT2D eigenvalue weighted by atomic mass is 9.89. The average molecular weight is 343 g/mol. The van der Waals surface area contributed by atoms with Crippen LogP contribution in [0.2, 0.25) is 0 Å². The summed E-state index contributed by atoms with van der Waals surface area (Å²) in [5.41, 5.74) is 1.18. The monoisotopic (exact) mass is 343 g/mol. The molecule has 0 bridgehead atoms. The Bertz CT molecular complexity index is 755. The van der Waals surface area contributed by atoms with Gasteiger partial charge in [-0.05, 0) is 31.9 Å². The number of aryl methyl sites for hydroxylation is 1. The number of likely N-dealkylation sites (tertiary alicyclic amines) is 1. The Hall–Kier alpha value is -2.41. The summed E-state index contributed by atoms with van der Waals surface area (Å²) in [5.74, 6) is 1.32. The van der Waals surface area contributed by atoms with Crippen molar-refractivity contribution in [1.29, 1.82) is 0 Å². The van der Waals surface area contributed by atoms with Crippen molar-refractivity contribution in [3.63, 3.8) is 0 Å². The Balaban J connectivity index is 1.72. The molecule has 134 valence electrons. The molecule has 1 aromatic carbocycles. The van der Waals surface area contributed by atoms with Gasteiger partial charge in [-0.25, -0.2) is 0 Å². The lowest BCUT2D eigenvalue weighted by molar-refractivity contribution is -0.136. The van der Waals surface area contributed by atoms with Crippen LogP contribution in [-0.2, 0) is 18.3 Å². The fourth-order valence-corrected chi connectivity index (χ4v) is 3.21. The van der Waals surface area contributed by atoms with Gasteiger partial charge in [-0.2, -0.15) is 0 Å². The first-order valence-electron chi connectivity index (χ1n) is 8.56. The van der Waals surface area contributed by atoms with Crippen molar-refractivity contribution < 1.29 is 9.90 Å². The number of amides is 1. The molecule has 7 nitrogen and oxygen atoms in total. The number of hydrogen-bond donors (Lipinski definition) is 2. The van der Waals surface area contributed by atoms with E-state index in [1.807, 2.05) is 42.8 Å². The van der Waals surface area contributed by atoms with E-state index >= 15 is 0 Å². The Morgan fingerprint density at radius 3 is 2.72 bits per heavy atom. The summed E-state index contributed by atoms with van der Waals surface area (Å²) >= 11 is 0. The van der Waals surface area contributed by atoms with Crippen LogP contribution in [0.4, 0.5) is 11.6 Å². The summed E-state index contributed by atoms with van der Waals surface area (Å²) in [6.45, 7) is 4.63. The van der Waals surface area contributed by atoms with E-state index in [0.29, 0.717) is 37.7 Å². The van der Waals surface area contributed by atoms with Gasteiger partial charge in [0.05, 0.1) is 5.60 Å². The molecular weight excluding hydrogens is 318 g/mol. The van der Waals surface area contributed by atoms with E-state index in [4.69, 9.17) is 0 Å². The summed E-state index contributed by atoms with van der Waals surface area (Å²) in [7, 11) is 1.88. The minimum absolute atomic E-state index is 0.00202. The Labute approximate surface area is 147 Å². The van der Waals surface area contributed by atoms with Gasteiger partial charge in [0.2, 0.25) is 11.9 Å². The van der Waals surface area contributed by atoms with Gasteiger partial charge >= 0.3 is 0 Å². The van der Waals surface area contributed by atoms with Gasteiger partial charge in [0.15, 0.2) is 0 Å². The highest BCUT2D eigenvalue weighted by Gasteiger charge is 2.36. The molecule has 1 aliphatic rings. The van der Waals surface area contributed by atoms with Gasteiger partial charge in [0.1, 0.15) is 5.82 Å². The number of aliphatic hydroxyl groups is 1. The van der Waals surface area contributed by atoms with Crippen molar-refractivity contribution in [2.45, 2.75) is 38.7 Å². The average Bonchev–Trinajstić information content (AvgIpc) is 2.89. The Morgan fingerprint density at radius 1 is 1.32 bits per heavy atom. The summed E-state index contributed by atoms with van der Waals surface area (Å²) in [6, 6.07) is 8.04. The lowest BCUT2D eigenvalue weighted by Crippen LogP contribution is -2.51. The smallest absolute Gasteiger partial charge is 0.228 e. The molecule has 25 heavy (non-hydrogen) atoms. The molecule has 2 heterocycles. The largest absolute Gasteiger partial charge is 0.388 e. The van der Waals surface area contributed by atoms with E-state index in [1.54, 1.807) is 4.90 Å². The number of nitrogens with one attached hydrogen (secondary N) is 1. The maximum Gasteiger partial charge on any atom is 0.228 e. The van der Waals surface area contributed by atoms with Crippen LogP contribution < -0.4 is 5.32 Å². The predicted octanol–water partition coefficient (Wildman–Crippen LogP) is 1.78. The molecule has 1 aromatic heterocycles. The SMILES string of the molecule is CC(=O)N1CCCC(O)(Cc2nnc(Nc3ccc(C)cc3)n2C)C1. The lowest BCUT2D eigenvalue weighted by Gasteiger charge is -2.38. The van der Waals surface area contributed by atoms with Gasteiger partial charge < -0.3 is 19.9 Å². The van der Waals surface area contributed by atoms with E-state index in [9.17, 15) is 9.90 Å². The number of carbonyl (C=O) groups is 1. The van der Waals surface area contributed by atoms with Gasteiger partial charge in [-0.15, -0.1) is 10.2 Å². The number of rotatable bonds is 4. The molecule has 2 aromatic rings. The zero-order valence-electron chi connectivity index (χ0n) is 15.0. The first kappa shape index (κ1) is 17.4. The van der Waals surface area contributed by atoms with Crippen molar-refractivity contribution in [3.8, 4) is 0 Å². The van der Waals surface area contributed by atoms with Crippen LogP contribution in [0.1, 0.15) is 31.2 Å². The van der Waals surface area contributed by atoms with Crippen LogP contribution in [0, 0.1) is 6.92 Å². The fraction of sp³-hybridized carbons (Fsp3) is 0.500. The Morgan fingerprint density at radius 2 is 2.04 bits per heavy atom. The molecular formula is C18H25N5O2. The number of anilines is 2. The number of carbonyl (C=O) groups excluding carboxylic acids is 1. The van der Waals surface area contributed by atoms with Gasteiger partial charge in [-0.3, -0.25) is 4.79 Å². The van der Waals surface area contributed by atoms with E-state index in [2.05, 4.69) is 15.5 Å². The molecule has 1 aliphatic heterocycles. The molecule has 1 saturated heterocycles. The quantitative estimate of drug-likeness (QED) is 0.884. The number of piperidine rings is 1. The minimum Gasteiger partial charge on any atom is -0.388 e. The van der Waals surface area contributed by atoms with Crippen LogP contribution >= 0.6 is 0 Å². The molecule has 1 atom stereocenters. The molecule has 1 amide bonds. The third-order valence-corrected chi connectivity index (χ3v) is 4.76. The molecule has 1 unspecified atom stereocenters. The maximum atomic E-state index is 11.6. The summed E-state index contributed by atoms with van der Waals surface area (Å²) < 4.78 is 1.85. The van der Waals surface area contributed by atoms with Crippen LogP contribution in [0.25, 0.3) is 0 Å². The summed E-state index contributed by atoms with van der Waals surface area (Å²) in [4.78, 5) is 13.3. The second-order valence-electron chi connectivity index (χ2n) is 6.94. The van der Waals surface area contributed by atoms with E-state index in [1.165, 1.54) is 12.5 Å². The normalized spacial score (nSPS) is 20.6. The van der Waals surface area contributed by atoms with Crippen LogP contribution in [0.15, 0.2) is 24.3 Å². The highest BCUT2D eigenvalue weighted by Crippen LogP contribution is 2.26. The zero-order chi connectivity index (χ0) is 18.0. The van der Waals surface area contributed by atoms with Crippen molar-refractivity contribution in [1.82, 2.24) is 19.7 Å². The molecule has 2 N–H and O–H groups in total. The summed E-state index contributed by atoms with van der Waals surface area (Å²) in [6.07, 6.45) is 1.82. The number of β-amino-alcohol motifs (C(OH)–C–C–N with tert-alkyl or cyclic N) is 1. The Kier molecular flexibility index (Phi) is 4.76. The first-order valence-corrected chi connectivity index (χ1v) is 8.56. The molecule has 0 radical (unpaired) electrons. The number of aromatic nitrogens is 3. The third-order valence-electron chi connectivity index (χ3n) is 4.76. The highest BCUT2D eigenvalue weighted by molar-refractivity contribution is 5.73. The van der Waals surface area contributed by atoms with Crippen LogP contribution in [0.5, 0.6) is 0 Å². The van der Waals surface area contributed by atoms with E-state index in [-0.39, 0.29) is 5.91 Å². The molecule has 0 spiro atoms. The van der Waals surface area contributed by atoms with Gasteiger partial charge in [0, 0.05) is 39.2 Å². The van der Waals surface area contributed by atoms with E-state index < -0.39 is 5.60 Å². The van der Waals surface area contributed by atoms with Gasteiger partial charge in [0.25, 0.3) is 0 Å². The van der Waals surface area contributed by atoms with Crippen molar-refractivity contribution in [2.75, 3.05) is 18.4 Å². The molecule has 0 aliphatic carbocycles. The van der Waals surface area contributed by atoms with Crippen LogP contribution in [-0.4, -0.2) is 49.4 Å². The minimum atomic E-state index is -0.953.